The summed E-state index contributed by atoms with van der Waals surface area (Å²) >= 11 is 0. The zero-order chi connectivity index (χ0) is 24.6. The number of hydrogen-bond donors (Lipinski definition) is 1. The Hall–Kier alpha value is -3.71. The summed E-state index contributed by atoms with van der Waals surface area (Å²) in [5.41, 5.74) is 4.01. The maximum Gasteiger partial charge on any atom is 0.255 e. The molecule has 1 N–H and O–H groups in total. The van der Waals surface area contributed by atoms with Crippen molar-refractivity contribution in [1.82, 2.24) is 10.2 Å². The molecule has 0 spiro atoms. The molecule has 7 nitrogen and oxygen atoms in total. The molecule has 3 aromatic carbocycles. The number of para-hydroxylation sites is 1. The predicted molar refractivity (Wildman–Crippen MR) is 138 cm³/mol. The topological polar surface area (TPSA) is 63.3 Å². The molecule has 7 heteroatoms. The van der Waals surface area contributed by atoms with Crippen molar-refractivity contribution in [3.63, 3.8) is 0 Å². The van der Waals surface area contributed by atoms with Crippen LogP contribution in [-0.2, 0) is 13.1 Å². The number of piperazine rings is 1. The van der Waals surface area contributed by atoms with E-state index in [0.717, 1.165) is 38.3 Å². The van der Waals surface area contributed by atoms with Crippen molar-refractivity contribution >= 4 is 11.6 Å². The van der Waals surface area contributed by atoms with Crippen LogP contribution in [-0.4, -0.2) is 58.3 Å². The van der Waals surface area contributed by atoms with Crippen LogP contribution in [0.1, 0.15) is 21.5 Å². The van der Waals surface area contributed by atoms with Gasteiger partial charge in [0.1, 0.15) is 5.75 Å². The second kappa shape index (κ2) is 11.6. The van der Waals surface area contributed by atoms with E-state index in [-0.39, 0.29) is 5.91 Å². The van der Waals surface area contributed by atoms with Gasteiger partial charge in [-0.1, -0.05) is 42.5 Å². The highest BCUT2D eigenvalue weighted by Gasteiger charge is 2.20. The molecule has 1 fully saturated rings. The lowest BCUT2D eigenvalue weighted by Crippen LogP contribution is -2.46. The molecule has 1 amide bonds. The van der Waals surface area contributed by atoms with Crippen molar-refractivity contribution in [2.75, 3.05) is 52.4 Å². The van der Waals surface area contributed by atoms with Gasteiger partial charge in [0.25, 0.3) is 5.91 Å². The number of carbonyl (C=O) groups excluding carboxylic acids is 1. The van der Waals surface area contributed by atoms with Crippen LogP contribution in [0.4, 0.5) is 5.69 Å². The Balaban J connectivity index is 1.39. The van der Waals surface area contributed by atoms with Gasteiger partial charge in [-0.25, -0.2) is 0 Å². The molecule has 1 saturated heterocycles. The van der Waals surface area contributed by atoms with E-state index in [4.69, 9.17) is 14.2 Å². The summed E-state index contributed by atoms with van der Waals surface area (Å²) in [6, 6.07) is 22.1. The first kappa shape index (κ1) is 24.4. The molecular weight excluding hydrogens is 442 g/mol. The number of methoxy groups -OCH3 is 3. The minimum atomic E-state index is -0.228. The van der Waals surface area contributed by atoms with Crippen LogP contribution in [0.25, 0.3) is 0 Å². The maximum absolute atomic E-state index is 13.0. The molecule has 0 aliphatic carbocycles. The van der Waals surface area contributed by atoms with E-state index in [1.54, 1.807) is 26.4 Å². The van der Waals surface area contributed by atoms with Crippen molar-refractivity contribution in [3.05, 3.63) is 83.4 Å². The SMILES string of the molecule is COc1cc(OC)c(C(=O)NCc2ccccc2CN2CCN(c3ccccc3)CC2)cc1OC. The Morgan fingerprint density at radius 2 is 1.37 bits per heavy atom. The van der Waals surface area contributed by atoms with Crippen LogP contribution in [0.15, 0.2) is 66.7 Å². The fourth-order valence-corrected chi connectivity index (χ4v) is 4.41. The minimum absolute atomic E-state index is 0.228. The van der Waals surface area contributed by atoms with Gasteiger partial charge in [-0.3, -0.25) is 9.69 Å². The van der Waals surface area contributed by atoms with E-state index in [0.29, 0.717) is 29.4 Å². The molecule has 0 radical (unpaired) electrons. The fourth-order valence-electron chi connectivity index (χ4n) is 4.41. The Morgan fingerprint density at radius 3 is 2.03 bits per heavy atom. The predicted octanol–water partition coefficient (Wildman–Crippen LogP) is 3.96. The zero-order valence-corrected chi connectivity index (χ0v) is 20.6. The number of amides is 1. The van der Waals surface area contributed by atoms with Crippen LogP contribution in [0.3, 0.4) is 0 Å². The monoisotopic (exact) mass is 475 g/mol. The third-order valence-corrected chi connectivity index (χ3v) is 6.40. The van der Waals surface area contributed by atoms with Gasteiger partial charge in [0.15, 0.2) is 11.5 Å². The Bertz CT molecular complexity index is 1130. The van der Waals surface area contributed by atoms with Crippen LogP contribution in [0, 0.1) is 0 Å². The van der Waals surface area contributed by atoms with Gasteiger partial charge in [0.05, 0.1) is 26.9 Å². The van der Waals surface area contributed by atoms with Gasteiger partial charge in [0, 0.05) is 57.1 Å². The van der Waals surface area contributed by atoms with Crippen molar-refractivity contribution in [1.29, 1.82) is 0 Å². The number of anilines is 1. The number of hydrogen-bond acceptors (Lipinski definition) is 6. The number of rotatable bonds is 9. The lowest BCUT2D eigenvalue weighted by atomic mass is 10.1. The Kier molecular flexibility index (Phi) is 8.11. The quantitative estimate of drug-likeness (QED) is 0.505. The van der Waals surface area contributed by atoms with Crippen molar-refractivity contribution in [3.8, 4) is 17.2 Å². The molecule has 0 aromatic heterocycles. The summed E-state index contributed by atoms with van der Waals surface area (Å²) in [7, 11) is 4.63. The van der Waals surface area contributed by atoms with Crippen molar-refractivity contribution in [2.24, 2.45) is 0 Å². The zero-order valence-electron chi connectivity index (χ0n) is 20.6. The van der Waals surface area contributed by atoms with Crippen LogP contribution < -0.4 is 24.4 Å². The van der Waals surface area contributed by atoms with Crippen molar-refractivity contribution < 1.29 is 19.0 Å². The summed E-state index contributed by atoms with van der Waals surface area (Å²) in [5, 5.41) is 3.04. The van der Waals surface area contributed by atoms with Crippen LogP contribution >= 0.6 is 0 Å². The van der Waals surface area contributed by atoms with E-state index >= 15 is 0 Å². The smallest absolute Gasteiger partial charge is 0.255 e. The number of ether oxygens (including phenoxy) is 3. The van der Waals surface area contributed by atoms with Gasteiger partial charge in [-0.05, 0) is 23.3 Å². The number of nitrogens with one attached hydrogen (secondary N) is 1. The van der Waals surface area contributed by atoms with Gasteiger partial charge in [0.2, 0.25) is 0 Å². The van der Waals surface area contributed by atoms with Crippen LogP contribution in [0.5, 0.6) is 17.2 Å². The van der Waals surface area contributed by atoms with Gasteiger partial charge >= 0.3 is 0 Å². The van der Waals surface area contributed by atoms with Crippen molar-refractivity contribution in [2.45, 2.75) is 13.1 Å². The fraction of sp³-hybridized carbons (Fsp3) is 0.321. The summed E-state index contributed by atoms with van der Waals surface area (Å²) in [4.78, 5) is 17.9. The third-order valence-electron chi connectivity index (χ3n) is 6.40. The van der Waals surface area contributed by atoms with E-state index in [9.17, 15) is 4.79 Å². The first-order valence-corrected chi connectivity index (χ1v) is 11.8. The van der Waals surface area contributed by atoms with Gasteiger partial charge in [-0.2, -0.15) is 0 Å². The molecule has 1 aliphatic rings. The number of benzene rings is 3. The highest BCUT2D eigenvalue weighted by atomic mass is 16.5. The maximum atomic E-state index is 13.0. The summed E-state index contributed by atoms with van der Waals surface area (Å²) in [6.07, 6.45) is 0. The lowest BCUT2D eigenvalue weighted by Gasteiger charge is -2.36. The molecule has 1 heterocycles. The second-order valence-electron chi connectivity index (χ2n) is 8.46. The van der Waals surface area contributed by atoms with E-state index in [1.807, 2.05) is 6.07 Å². The second-order valence-corrected chi connectivity index (χ2v) is 8.46. The average molecular weight is 476 g/mol. The summed E-state index contributed by atoms with van der Waals surface area (Å²) < 4.78 is 16.1. The molecule has 0 bridgehead atoms. The molecule has 3 aromatic rings. The highest BCUT2D eigenvalue weighted by molar-refractivity contribution is 5.97. The number of carbonyl (C=O) groups is 1. The van der Waals surface area contributed by atoms with Crippen LogP contribution in [0.2, 0.25) is 0 Å². The largest absolute Gasteiger partial charge is 0.496 e. The Morgan fingerprint density at radius 1 is 0.771 bits per heavy atom. The van der Waals surface area contributed by atoms with Gasteiger partial charge in [-0.15, -0.1) is 0 Å². The molecule has 0 atom stereocenters. The molecule has 0 unspecified atom stereocenters. The first-order chi connectivity index (χ1) is 17.1. The standard InChI is InChI=1S/C28H33N3O4/c1-33-25-18-27(35-3)26(34-2)17-24(25)28(32)29-19-21-9-7-8-10-22(21)20-30-13-15-31(16-14-30)23-11-5-4-6-12-23/h4-12,17-18H,13-16,19-20H2,1-3H3,(H,29,32). The number of nitrogens with zero attached hydrogens (tertiary/aromatic N) is 2. The lowest BCUT2D eigenvalue weighted by molar-refractivity contribution is 0.0947. The van der Waals surface area contributed by atoms with E-state index < -0.39 is 0 Å². The molecule has 4 rings (SSSR count). The molecule has 35 heavy (non-hydrogen) atoms. The first-order valence-electron chi connectivity index (χ1n) is 11.8. The normalized spacial score (nSPS) is 13.9. The highest BCUT2D eigenvalue weighted by Crippen LogP contribution is 2.34. The molecule has 0 saturated carbocycles. The molecular formula is C28H33N3O4. The summed E-state index contributed by atoms with van der Waals surface area (Å²) in [6.45, 7) is 5.28. The Labute approximate surface area is 207 Å². The average Bonchev–Trinajstić information content (AvgIpc) is 2.92. The minimum Gasteiger partial charge on any atom is -0.496 e. The molecule has 1 aliphatic heterocycles. The van der Waals surface area contributed by atoms with E-state index in [1.165, 1.54) is 18.4 Å². The van der Waals surface area contributed by atoms with Gasteiger partial charge < -0.3 is 24.4 Å². The molecule has 184 valence electrons. The third kappa shape index (κ3) is 5.87. The van der Waals surface area contributed by atoms with E-state index in [2.05, 4.69) is 63.6 Å². The summed E-state index contributed by atoms with van der Waals surface area (Å²) in [5.74, 6) is 1.20.